The monoisotopic (exact) mass is 428 g/mol. The van der Waals surface area contributed by atoms with Crippen LogP contribution >= 0.6 is 0 Å². The van der Waals surface area contributed by atoms with Gasteiger partial charge in [0.05, 0.1) is 32.3 Å². The fraction of sp³-hybridized carbons (Fsp3) is 0.273. The van der Waals surface area contributed by atoms with Crippen LogP contribution in [0.5, 0.6) is 17.2 Å². The summed E-state index contributed by atoms with van der Waals surface area (Å²) in [6.45, 7) is 0.904. The number of aromatic nitrogens is 1. The van der Waals surface area contributed by atoms with Gasteiger partial charge in [0, 0.05) is 30.5 Å². The summed E-state index contributed by atoms with van der Waals surface area (Å²) in [6.07, 6.45) is 1.96. The quantitative estimate of drug-likeness (QED) is 0.603. The second-order valence-corrected chi connectivity index (χ2v) is 8.82. The minimum absolute atomic E-state index is 0.218. The van der Waals surface area contributed by atoms with Gasteiger partial charge in [-0.05, 0) is 54.6 Å². The molecule has 4 rings (SSSR count). The van der Waals surface area contributed by atoms with E-state index in [-0.39, 0.29) is 4.90 Å². The third kappa shape index (κ3) is 3.42. The van der Waals surface area contributed by atoms with E-state index in [0.29, 0.717) is 30.3 Å². The predicted molar refractivity (Wildman–Crippen MR) is 113 cm³/mol. The van der Waals surface area contributed by atoms with Crippen molar-refractivity contribution in [1.29, 1.82) is 0 Å². The molecule has 1 aromatic heterocycles. The van der Waals surface area contributed by atoms with Gasteiger partial charge < -0.3 is 18.8 Å². The Kier molecular flexibility index (Phi) is 5.44. The Morgan fingerprint density at radius 1 is 0.867 bits per heavy atom. The lowest BCUT2D eigenvalue weighted by atomic mass is 10.0. The van der Waals surface area contributed by atoms with Gasteiger partial charge in [-0.15, -0.1) is 0 Å². The Balaban J connectivity index is 1.87. The van der Waals surface area contributed by atoms with Crippen molar-refractivity contribution in [3.8, 4) is 17.2 Å². The molecule has 158 valence electrons. The van der Waals surface area contributed by atoms with Gasteiger partial charge in [-0.3, -0.25) is 0 Å². The van der Waals surface area contributed by atoms with Gasteiger partial charge in [-0.1, -0.05) is 0 Å². The topological polar surface area (TPSA) is 70.0 Å². The molecule has 8 heteroatoms. The van der Waals surface area contributed by atoms with E-state index in [0.717, 1.165) is 11.3 Å². The highest BCUT2D eigenvalue weighted by Gasteiger charge is 2.39. The molecule has 0 fully saturated rings. The Morgan fingerprint density at radius 3 is 2.23 bits per heavy atom. The summed E-state index contributed by atoms with van der Waals surface area (Å²) in [5.41, 5.74) is 1.61. The number of benzene rings is 2. The van der Waals surface area contributed by atoms with E-state index in [4.69, 9.17) is 14.2 Å². The molecular weight excluding hydrogens is 404 g/mol. The minimum atomic E-state index is -3.78. The SMILES string of the molecule is COc1ccc(S(=O)(=O)N2CCn3cccc3[C@@H]2c2cc(OC)ccc2OC)cc1. The fourth-order valence-corrected chi connectivity index (χ4v) is 5.44. The maximum absolute atomic E-state index is 13.7. The lowest BCUT2D eigenvalue weighted by Crippen LogP contribution is -2.42. The van der Waals surface area contributed by atoms with Gasteiger partial charge in [0.25, 0.3) is 0 Å². The summed E-state index contributed by atoms with van der Waals surface area (Å²) in [6, 6.07) is 15.2. The van der Waals surface area contributed by atoms with Crippen LogP contribution in [-0.2, 0) is 16.6 Å². The van der Waals surface area contributed by atoms with Crippen molar-refractivity contribution in [2.24, 2.45) is 0 Å². The minimum Gasteiger partial charge on any atom is -0.497 e. The van der Waals surface area contributed by atoms with Gasteiger partial charge in [0.2, 0.25) is 10.0 Å². The molecule has 0 bridgehead atoms. The standard InChI is InChI=1S/C22H24N2O5S/c1-27-16-6-9-18(10-7-16)30(25,26)24-14-13-23-12-4-5-20(23)22(24)19-15-17(28-2)8-11-21(19)29-3/h4-12,15,22H,13-14H2,1-3H3/t22-/m0/s1. The Morgan fingerprint density at radius 2 is 1.57 bits per heavy atom. The number of hydrogen-bond donors (Lipinski definition) is 0. The molecule has 0 saturated heterocycles. The number of hydrogen-bond acceptors (Lipinski definition) is 5. The van der Waals surface area contributed by atoms with E-state index in [9.17, 15) is 8.42 Å². The molecule has 0 saturated carbocycles. The average Bonchev–Trinajstić information content (AvgIpc) is 3.27. The molecule has 0 N–H and O–H groups in total. The average molecular weight is 429 g/mol. The zero-order chi connectivity index (χ0) is 21.3. The number of ether oxygens (including phenoxy) is 3. The maximum Gasteiger partial charge on any atom is 0.244 e. The first-order chi connectivity index (χ1) is 14.5. The van der Waals surface area contributed by atoms with Gasteiger partial charge >= 0.3 is 0 Å². The predicted octanol–water partition coefficient (Wildman–Crippen LogP) is 3.31. The lowest BCUT2D eigenvalue weighted by molar-refractivity contribution is 0.289. The van der Waals surface area contributed by atoms with Gasteiger partial charge in [0.1, 0.15) is 17.2 Å². The smallest absolute Gasteiger partial charge is 0.244 e. The number of methoxy groups -OCH3 is 3. The molecule has 3 aromatic rings. The molecule has 7 nitrogen and oxygen atoms in total. The van der Waals surface area contributed by atoms with Crippen LogP contribution in [0, 0.1) is 0 Å². The van der Waals surface area contributed by atoms with Crippen molar-refractivity contribution in [3.05, 3.63) is 72.1 Å². The van der Waals surface area contributed by atoms with Crippen LogP contribution in [0.2, 0.25) is 0 Å². The van der Waals surface area contributed by atoms with Crippen LogP contribution in [-0.4, -0.2) is 45.2 Å². The second kappa shape index (κ2) is 8.04. The van der Waals surface area contributed by atoms with Crippen LogP contribution < -0.4 is 14.2 Å². The molecule has 2 heterocycles. The first kappa shape index (κ1) is 20.3. The summed E-state index contributed by atoms with van der Waals surface area (Å²) in [7, 11) is 0.931. The van der Waals surface area contributed by atoms with Crippen molar-refractivity contribution < 1.29 is 22.6 Å². The van der Waals surface area contributed by atoms with E-state index in [1.165, 1.54) is 4.31 Å². The fourth-order valence-electron chi connectivity index (χ4n) is 3.87. The van der Waals surface area contributed by atoms with Crippen molar-refractivity contribution in [2.45, 2.75) is 17.5 Å². The zero-order valence-electron chi connectivity index (χ0n) is 17.1. The number of rotatable bonds is 6. The molecule has 0 amide bonds. The molecular formula is C22H24N2O5S. The first-order valence-corrected chi connectivity index (χ1v) is 11.0. The maximum atomic E-state index is 13.7. The van der Waals surface area contributed by atoms with Crippen LogP contribution in [0.25, 0.3) is 0 Å². The van der Waals surface area contributed by atoms with Crippen LogP contribution in [0.4, 0.5) is 0 Å². The van der Waals surface area contributed by atoms with Gasteiger partial charge in [-0.25, -0.2) is 8.42 Å². The summed E-state index contributed by atoms with van der Waals surface area (Å²) >= 11 is 0. The van der Waals surface area contributed by atoms with Crippen LogP contribution in [0.3, 0.4) is 0 Å². The number of sulfonamides is 1. The normalized spacial score (nSPS) is 16.7. The van der Waals surface area contributed by atoms with Crippen molar-refractivity contribution in [2.75, 3.05) is 27.9 Å². The summed E-state index contributed by atoms with van der Waals surface area (Å²) in [4.78, 5) is 0.218. The highest BCUT2D eigenvalue weighted by Crippen LogP contribution is 2.41. The third-order valence-electron chi connectivity index (χ3n) is 5.39. The number of nitrogens with zero attached hydrogens (tertiary/aromatic N) is 2. The highest BCUT2D eigenvalue weighted by atomic mass is 32.2. The van der Waals surface area contributed by atoms with E-state index in [1.807, 2.05) is 24.4 Å². The van der Waals surface area contributed by atoms with E-state index < -0.39 is 16.1 Å². The Labute approximate surface area is 176 Å². The molecule has 0 unspecified atom stereocenters. The summed E-state index contributed by atoms with van der Waals surface area (Å²) in [5.74, 6) is 1.84. The molecule has 0 spiro atoms. The highest BCUT2D eigenvalue weighted by molar-refractivity contribution is 7.89. The zero-order valence-corrected chi connectivity index (χ0v) is 17.9. The molecule has 1 aliphatic rings. The van der Waals surface area contributed by atoms with Crippen LogP contribution in [0.15, 0.2) is 65.7 Å². The van der Waals surface area contributed by atoms with Crippen LogP contribution in [0.1, 0.15) is 17.3 Å². The number of fused-ring (bicyclic) bond motifs is 1. The Bertz CT molecular complexity index is 1140. The molecule has 30 heavy (non-hydrogen) atoms. The van der Waals surface area contributed by atoms with Crippen molar-refractivity contribution >= 4 is 10.0 Å². The summed E-state index contributed by atoms with van der Waals surface area (Å²) < 4.78 is 47.1. The van der Waals surface area contributed by atoms with Crippen molar-refractivity contribution in [3.63, 3.8) is 0 Å². The Hall–Kier alpha value is -2.97. The van der Waals surface area contributed by atoms with E-state index in [2.05, 4.69) is 4.57 Å². The molecule has 0 aliphatic carbocycles. The molecule has 1 atom stereocenters. The van der Waals surface area contributed by atoms with Gasteiger partial charge in [0.15, 0.2) is 0 Å². The molecule has 0 radical (unpaired) electrons. The lowest BCUT2D eigenvalue weighted by Gasteiger charge is -2.37. The third-order valence-corrected chi connectivity index (χ3v) is 7.27. The largest absolute Gasteiger partial charge is 0.497 e. The molecule has 2 aromatic carbocycles. The summed E-state index contributed by atoms with van der Waals surface area (Å²) in [5, 5.41) is 0. The first-order valence-electron chi connectivity index (χ1n) is 9.52. The van der Waals surface area contributed by atoms with E-state index in [1.54, 1.807) is 57.7 Å². The van der Waals surface area contributed by atoms with E-state index >= 15 is 0 Å². The molecule has 1 aliphatic heterocycles. The van der Waals surface area contributed by atoms with Gasteiger partial charge in [-0.2, -0.15) is 4.31 Å². The second-order valence-electron chi connectivity index (χ2n) is 6.93. The van der Waals surface area contributed by atoms with Crippen molar-refractivity contribution in [1.82, 2.24) is 8.87 Å².